The van der Waals surface area contributed by atoms with Gasteiger partial charge in [-0.1, -0.05) is 13.0 Å². The third-order valence-electron chi connectivity index (χ3n) is 3.54. The fourth-order valence-electron chi connectivity index (χ4n) is 2.38. The SMILES string of the molecule is CCC1CCC(C)N1C/C=C(/C)C(=O)OC. The van der Waals surface area contributed by atoms with Gasteiger partial charge in [0, 0.05) is 24.2 Å². The molecule has 3 nitrogen and oxygen atoms in total. The number of likely N-dealkylation sites (tertiary alicyclic amines) is 1. The van der Waals surface area contributed by atoms with Gasteiger partial charge in [0.25, 0.3) is 0 Å². The molecule has 16 heavy (non-hydrogen) atoms. The lowest BCUT2D eigenvalue weighted by Gasteiger charge is -2.26. The highest BCUT2D eigenvalue weighted by Crippen LogP contribution is 2.25. The summed E-state index contributed by atoms with van der Waals surface area (Å²) in [6.07, 6.45) is 5.72. The molecule has 1 heterocycles. The van der Waals surface area contributed by atoms with E-state index in [1.165, 1.54) is 26.4 Å². The van der Waals surface area contributed by atoms with Gasteiger partial charge in [0.05, 0.1) is 7.11 Å². The van der Waals surface area contributed by atoms with E-state index in [1.807, 2.05) is 13.0 Å². The van der Waals surface area contributed by atoms with E-state index in [0.29, 0.717) is 17.7 Å². The van der Waals surface area contributed by atoms with Crippen LogP contribution in [0.3, 0.4) is 0 Å². The zero-order valence-electron chi connectivity index (χ0n) is 10.8. The Balaban J connectivity index is 2.56. The summed E-state index contributed by atoms with van der Waals surface area (Å²) >= 11 is 0. The fraction of sp³-hybridized carbons (Fsp3) is 0.769. The lowest BCUT2D eigenvalue weighted by molar-refractivity contribution is -0.136. The van der Waals surface area contributed by atoms with Gasteiger partial charge < -0.3 is 4.74 Å². The van der Waals surface area contributed by atoms with Crippen molar-refractivity contribution >= 4 is 5.97 Å². The predicted octanol–water partition coefficient (Wildman–Crippen LogP) is 2.37. The summed E-state index contributed by atoms with van der Waals surface area (Å²) in [4.78, 5) is 13.7. The molecule has 92 valence electrons. The van der Waals surface area contributed by atoms with Crippen molar-refractivity contribution in [1.29, 1.82) is 0 Å². The molecule has 0 N–H and O–H groups in total. The smallest absolute Gasteiger partial charge is 0.333 e. The summed E-state index contributed by atoms with van der Waals surface area (Å²) in [5.41, 5.74) is 0.705. The summed E-state index contributed by atoms with van der Waals surface area (Å²) in [5.74, 6) is -0.222. The highest BCUT2D eigenvalue weighted by Gasteiger charge is 2.28. The van der Waals surface area contributed by atoms with E-state index in [4.69, 9.17) is 0 Å². The first-order valence-electron chi connectivity index (χ1n) is 6.11. The predicted molar refractivity (Wildman–Crippen MR) is 65.3 cm³/mol. The molecule has 0 saturated carbocycles. The number of ether oxygens (including phenoxy) is 1. The van der Waals surface area contributed by atoms with Crippen molar-refractivity contribution < 1.29 is 9.53 Å². The third kappa shape index (κ3) is 3.08. The van der Waals surface area contributed by atoms with Gasteiger partial charge in [0.15, 0.2) is 0 Å². The van der Waals surface area contributed by atoms with Crippen molar-refractivity contribution in [2.24, 2.45) is 0 Å². The Labute approximate surface area is 98.5 Å². The number of hydrogen-bond acceptors (Lipinski definition) is 3. The summed E-state index contributed by atoms with van der Waals surface area (Å²) in [6, 6.07) is 1.31. The van der Waals surface area contributed by atoms with Crippen LogP contribution in [0.4, 0.5) is 0 Å². The van der Waals surface area contributed by atoms with Gasteiger partial charge in [0.1, 0.15) is 0 Å². The zero-order valence-corrected chi connectivity index (χ0v) is 10.8. The van der Waals surface area contributed by atoms with Crippen molar-refractivity contribution in [1.82, 2.24) is 4.90 Å². The standard InChI is InChI=1S/C13H23NO2/c1-5-12-7-6-11(3)14(12)9-8-10(2)13(15)16-4/h8,11-12H,5-7,9H2,1-4H3/b10-8-. The normalized spacial score (nSPS) is 27.1. The Morgan fingerprint density at radius 3 is 2.75 bits per heavy atom. The number of hydrogen-bond donors (Lipinski definition) is 0. The zero-order chi connectivity index (χ0) is 12.1. The summed E-state index contributed by atoms with van der Waals surface area (Å²) < 4.78 is 4.68. The summed E-state index contributed by atoms with van der Waals surface area (Å²) in [7, 11) is 1.42. The van der Waals surface area contributed by atoms with Crippen LogP contribution in [0.5, 0.6) is 0 Å². The average molecular weight is 225 g/mol. The molecule has 0 aliphatic carbocycles. The molecule has 1 saturated heterocycles. The lowest BCUT2D eigenvalue weighted by Crippen LogP contribution is -2.34. The van der Waals surface area contributed by atoms with Crippen molar-refractivity contribution in [3.8, 4) is 0 Å². The first-order chi connectivity index (χ1) is 7.60. The average Bonchev–Trinajstić information content (AvgIpc) is 2.65. The van der Waals surface area contributed by atoms with Crippen LogP contribution in [0.25, 0.3) is 0 Å². The molecule has 2 atom stereocenters. The van der Waals surface area contributed by atoms with Crippen molar-refractivity contribution in [2.45, 2.75) is 52.1 Å². The number of nitrogens with zero attached hydrogens (tertiary/aromatic N) is 1. The molecule has 2 unspecified atom stereocenters. The Morgan fingerprint density at radius 2 is 2.19 bits per heavy atom. The van der Waals surface area contributed by atoms with Gasteiger partial charge in [-0.25, -0.2) is 4.79 Å². The van der Waals surface area contributed by atoms with Crippen LogP contribution in [-0.4, -0.2) is 36.6 Å². The summed E-state index contributed by atoms with van der Waals surface area (Å²) in [5, 5.41) is 0. The molecular formula is C13H23NO2. The van der Waals surface area contributed by atoms with E-state index in [-0.39, 0.29) is 5.97 Å². The third-order valence-corrected chi connectivity index (χ3v) is 3.54. The van der Waals surface area contributed by atoms with Crippen LogP contribution in [0, 0.1) is 0 Å². The highest BCUT2D eigenvalue weighted by atomic mass is 16.5. The van der Waals surface area contributed by atoms with E-state index >= 15 is 0 Å². The van der Waals surface area contributed by atoms with Gasteiger partial charge in [-0.15, -0.1) is 0 Å². The molecule has 0 bridgehead atoms. The van der Waals surface area contributed by atoms with Crippen LogP contribution in [0.15, 0.2) is 11.6 Å². The second-order valence-corrected chi connectivity index (χ2v) is 4.56. The molecular weight excluding hydrogens is 202 g/mol. The largest absolute Gasteiger partial charge is 0.466 e. The molecule has 0 aromatic heterocycles. The lowest BCUT2D eigenvalue weighted by atomic mass is 10.1. The molecule has 3 heteroatoms. The molecule has 1 aliphatic heterocycles. The van der Waals surface area contributed by atoms with Crippen LogP contribution in [0.2, 0.25) is 0 Å². The quantitative estimate of drug-likeness (QED) is 0.543. The van der Waals surface area contributed by atoms with Crippen molar-refractivity contribution in [2.75, 3.05) is 13.7 Å². The van der Waals surface area contributed by atoms with Gasteiger partial charge in [-0.05, 0) is 33.1 Å². The van der Waals surface area contributed by atoms with E-state index in [9.17, 15) is 4.79 Å². The minimum Gasteiger partial charge on any atom is -0.466 e. The monoisotopic (exact) mass is 225 g/mol. The van der Waals surface area contributed by atoms with E-state index < -0.39 is 0 Å². The Morgan fingerprint density at radius 1 is 1.50 bits per heavy atom. The molecule has 1 aliphatic rings. The highest BCUT2D eigenvalue weighted by molar-refractivity contribution is 5.87. The number of carbonyl (C=O) groups is 1. The van der Waals surface area contributed by atoms with Gasteiger partial charge >= 0.3 is 5.97 Å². The Bertz CT molecular complexity index is 273. The minimum atomic E-state index is -0.222. The number of carbonyl (C=O) groups excluding carboxylic acids is 1. The number of methoxy groups -OCH3 is 1. The van der Waals surface area contributed by atoms with Crippen LogP contribution in [-0.2, 0) is 9.53 Å². The van der Waals surface area contributed by atoms with Crippen molar-refractivity contribution in [3.05, 3.63) is 11.6 Å². The summed E-state index contributed by atoms with van der Waals surface area (Å²) in [6.45, 7) is 7.16. The molecule has 0 spiro atoms. The topological polar surface area (TPSA) is 29.5 Å². The first-order valence-corrected chi connectivity index (χ1v) is 6.11. The second kappa shape index (κ2) is 6.04. The van der Waals surface area contributed by atoms with Gasteiger partial charge in [0.2, 0.25) is 0 Å². The maximum absolute atomic E-state index is 11.2. The number of rotatable bonds is 4. The van der Waals surface area contributed by atoms with E-state index in [2.05, 4.69) is 23.5 Å². The van der Waals surface area contributed by atoms with Gasteiger partial charge in [-0.3, -0.25) is 4.90 Å². The van der Waals surface area contributed by atoms with Crippen LogP contribution < -0.4 is 0 Å². The molecule has 0 amide bonds. The minimum absolute atomic E-state index is 0.222. The maximum Gasteiger partial charge on any atom is 0.333 e. The first kappa shape index (κ1) is 13.2. The van der Waals surface area contributed by atoms with Gasteiger partial charge in [-0.2, -0.15) is 0 Å². The second-order valence-electron chi connectivity index (χ2n) is 4.56. The molecule has 0 aromatic rings. The molecule has 1 rings (SSSR count). The Kier molecular flexibility index (Phi) is 5.00. The Hall–Kier alpha value is -0.830. The fourth-order valence-corrected chi connectivity index (χ4v) is 2.38. The van der Waals surface area contributed by atoms with Crippen LogP contribution in [0.1, 0.15) is 40.0 Å². The molecule has 0 aromatic carbocycles. The van der Waals surface area contributed by atoms with E-state index in [0.717, 1.165) is 6.54 Å². The van der Waals surface area contributed by atoms with E-state index in [1.54, 1.807) is 0 Å². The molecule has 1 fully saturated rings. The maximum atomic E-state index is 11.2. The van der Waals surface area contributed by atoms with Crippen LogP contribution >= 0.6 is 0 Å². The van der Waals surface area contributed by atoms with Crippen molar-refractivity contribution in [3.63, 3.8) is 0 Å². The number of esters is 1. The molecule has 0 radical (unpaired) electrons.